The number of nitrogens with zero attached hydrogens (tertiary/aromatic N) is 1. The fraction of sp³-hybridized carbons (Fsp3) is 0.545. The normalized spacial score (nSPS) is 27.5. The number of anilines is 1. The summed E-state index contributed by atoms with van der Waals surface area (Å²) in [5.74, 6) is 1.26. The number of hydrogen-bond acceptors (Lipinski definition) is 3. The Morgan fingerprint density at radius 1 is 1.21 bits per heavy atom. The zero-order valence-electron chi connectivity index (χ0n) is 8.32. The molecule has 0 amide bonds. The molecule has 3 heteroatoms. The van der Waals surface area contributed by atoms with Crippen LogP contribution in [-0.4, -0.2) is 11.0 Å². The minimum absolute atomic E-state index is 0.393. The highest BCUT2D eigenvalue weighted by Gasteiger charge is 2.21. The third kappa shape index (κ3) is 1.87. The quantitative estimate of drug-likeness (QED) is 0.709. The highest BCUT2D eigenvalue weighted by molar-refractivity contribution is 5.41. The third-order valence-corrected chi connectivity index (χ3v) is 3.08. The van der Waals surface area contributed by atoms with Crippen LogP contribution in [0.4, 0.5) is 5.82 Å². The van der Waals surface area contributed by atoms with E-state index in [1.807, 2.05) is 6.07 Å². The van der Waals surface area contributed by atoms with Gasteiger partial charge in [0.1, 0.15) is 5.82 Å². The van der Waals surface area contributed by atoms with Crippen LogP contribution in [0.3, 0.4) is 0 Å². The molecule has 4 N–H and O–H groups in total. The van der Waals surface area contributed by atoms with Gasteiger partial charge in [-0.3, -0.25) is 0 Å². The maximum Gasteiger partial charge on any atom is 0.126 e. The summed E-state index contributed by atoms with van der Waals surface area (Å²) >= 11 is 0. The predicted molar refractivity (Wildman–Crippen MR) is 57.8 cm³/mol. The fourth-order valence-corrected chi connectivity index (χ4v) is 2.21. The van der Waals surface area contributed by atoms with Crippen molar-refractivity contribution < 1.29 is 0 Å². The van der Waals surface area contributed by atoms with Gasteiger partial charge in [0.05, 0.1) is 0 Å². The van der Waals surface area contributed by atoms with Gasteiger partial charge in [0.25, 0.3) is 0 Å². The molecule has 14 heavy (non-hydrogen) atoms. The molecule has 2 rings (SSSR count). The summed E-state index contributed by atoms with van der Waals surface area (Å²) < 4.78 is 0. The molecule has 1 aromatic rings. The maximum absolute atomic E-state index is 5.87. The first-order chi connectivity index (χ1) is 6.77. The van der Waals surface area contributed by atoms with Gasteiger partial charge in [0.2, 0.25) is 0 Å². The second kappa shape index (κ2) is 3.96. The molecule has 0 atom stereocenters. The molecular formula is C11H17N3. The smallest absolute Gasteiger partial charge is 0.126 e. The Bertz CT molecular complexity index is 303. The van der Waals surface area contributed by atoms with Crippen LogP contribution in [-0.2, 0) is 0 Å². The minimum atomic E-state index is 0.393. The van der Waals surface area contributed by atoms with E-state index in [0.29, 0.717) is 17.8 Å². The van der Waals surface area contributed by atoms with Gasteiger partial charge in [-0.1, -0.05) is 6.07 Å². The Morgan fingerprint density at radius 2 is 1.93 bits per heavy atom. The molecule has 1 saturated carbocycles. The van der Waals surface area contributed by atoms with E-state index in [-0.39, 0.29) is 0 Å². The van der Waals surface area contributed by atoms with Crippen molar-refractivity contribution in [2.24, 2.45) is 5.73 Å². The van der Waals surface area contributed by atoms with E-state index in [1.165, 1.54) is 5.56 Å². The van der Waals surface area contributed by atoms with Gasteiger partial charge >= 0.3 is 0 Å². The Morgan fingerprint density at radius 3 is 2.57 bits per heavy atom. The molecule has 0 saturated heterocycles. The molecule has 1 fully saturated rings. The van der Waals surface area contributed by atoms with E-state index < -0.39 is 0 Å². The molecule has 1 aromatic heterocycles. The molecule has 0 unspecified atom stereocenters. The van der Waals surface area contributed by atoms with Crippen LogP contribution in [0.5, 0.6) is 0 Å². The molecule has 1 aliphatic rings. The van der Waals surface area contributed by atoms with Crippen molar-refractivity contribution in [2.45, 2.75) is 37.6 Å². The van der Waals surface area contributed by atoms with Gasteiger partial charge in [-0.05, 0) is 43.2 Å². The van der Waals surface area contributed by atoms with Crippen molar-refractivity contribution in [1.29, 1.82) is 0 Å². The van der Waals surface area contributed by atoms with Crippen molar-refractivity contribution in [1.82, 2.24) is 4.98 Å². The average Bonchev–Trinajstić information content (AvgIpc) is 2.20. The Kier molecular flexibility index (Phi) is 2.68. The first-order valence-electron chi connectivity index (χ1n) is 5.23. The molecule has 0 bridgehead atoms. The Labute approximate surface area is 84.5 Å². The molecular weight excluding hydrogens is 174 g/mol. The van der Waals surface area contributed by atoms with Crippen LogP contribution >= 0.6 is 0 Å². The van der Waals surface area contributed by atoms with Crippen molar-refractivity contribution in [3.05, 3.63) is 23.9 Å². The summed E-state index contributed by atoms with van der Waals surface area (Å²) in [6, 6.07) is 4.44. The van der Waals surface area contributed by atoms with Crippen molar-refractivity contribution in [2.75, 3.05) is 5.73 Å². The summed E-state index contributed by atoms with van der Waals surface area (Å²) in [7, 11) is 0. The van der Waals surface area contributed by atoms with Gasteiger partial charge in [0, 0.05) is 12.2 Å². The molecule has 3 nitrogen and oxygen atoms in total. The van der Waals surface area contributed by atoms with E-state index in [9.17, 15) is 0 Å². The highest BCUT2D eigenvalue weighted by Crippen LogP contribution is 2.33. The molecule has 1 aliphatic carbocycles. The summed E-state index contributed by atoms with van der Waals surface area (Å²) in [5, 5.41) is 0. The topological polar surface area (TPSA) is 64.9 Å². The lowest BCUT2D eigenvalue weighted by atomic mass is 9.82. The number of nitrogen functional groups attached to an aromatic ring is 1. The summed E-state index contributed by atoms with van der Waals surface area (Å²) in [4.78, 5) is 4.12. The van der Waals surface area contributed by atoms with Crippen LogP contribution in [0.15, 0.2) is 18.3 Å². The fourth-order valence-electron chi connectivity index (χ4n) is 2.21. The summed E-state index contributed by atoms with van der Waals surface area (Å²) in [5.41, 5.74) is 12.9. The zero-order valence-corrected chi connectivity index (χ0v) is 8.32. The molecule has 0 spiro atoms. The second-order valence-electron chi connectivity index (χ2n) is 4.09. The van der Waals surface area contributed by atoms with Crippen LogP contribution in [0.1, 0.15) is 37.2 Å². The third-order valence-electron chi connectivity index (χ3n) is 3.08. The van der Waals surface area contributed by atoms with Crippen molar-refractivity contribution in [3.63, 3.8) is 0 Å². The minimum Gasteiger partial charge on any atom is -0.383 e. The molecule has 0 radical (unpaired) electrons. The van der Waals surface area contributed by atoms with Gasteiger partial charge in [0.15, 0.2) is 0 Å². The SMILES string of the molecule is Nc1ncccc1C1CCC(N)CC1. The van der Waals surface area contributed by atoms with E-state index in [0.717, 1.165) is 25.7 Å². The molecule has 0 aliphatic heterocycles. The number of pyridine rings is 1. The average molecular weight is 191 g/mol. The highest BCUT2D eigenvalue weighted by atomic mass is 14.8. The lowest BCUT2D eigenvalue weighted by Crippen LogP contribution is -2.26. The lowest BCUT2D eigenvalue weighted by molar-refractivity contribution is 0.396. The van der Waals surface area contributed by atoms with Crippen LogP contribution in [0.2, 0.25) is 0 Å². The number of nitrogens with two attached hydrogens (primary N) is 2. The van der Waals surface area contributed by atoms with E-state index in [2.05, 4.69) is 11.1 Å². The first-order valence-corrected chi connectivity index (χ1v) is 5.23. The van der Waals surface area contributed by atoms with Crippen LogP contribution in [0, 0.1) is 0 Å². The van der Waals surface area contributed by atoms with Gasteiger partial charge in [-0.25, -0.2) is 4.98 Å². The number of aromatic nitrogens is 1. The van der Waals surface area contributed by atoms with Crippen LogP contribution < -0.4 is 11.5 Å². The summed E-state index contributed by atoms with van der Waals surface area (Å²) in [6.45, 7) is 0. The Hall–Kier alpha value is -1.09. The van der Waals surface area contributed by atoms with Gasteiger partial charge < -0.3 is 11.5 Å². The zero-order chi connectivity index (χ0) is 9.97. The van der Waals surface area contributed by atoms with Gasteiger partial charge in [-0.15, -0.1) is 0 Å². The van der Waals surface area contributed by atoms with E-state index in [1.54, 1.807) is 6.20 Å². The molecule has 1 heterocycles. The number of hydrogen-bond donors (Lipinski definition) is 2. The van der Waals surface area contributed by atoms with E-state index in [4.69, 9.17) is 11.5 Å². The first kappa shape index (κ1) is 9.46. The lowest BCUT2D eigenvalue weighted by Gasteiger charge is -2.26. The molecule has 76 valence electrons. The van der Waals surface area contributed by atoms with Crippen LogP contribution in [0.25, 0.3) is 0 Å². The largest absolute Gasteiger partial charge is 0.383 e. The maximum atomic E-state index is 5.87. The van der Waals surface area contributed by atoms with Gasteiger partial charge in [-0.2, -0.15) is 0 Å². The van der Waals surface area contributed by atoms with Crippen molar-refractivity contribution in [3.8, 4) is 0 Å². The second-order valence-corrected chi connectivity index (χ2v) is 4.09. The predicted octanol–water partition coefficient (Wildman–Crippen LogP) is 1.65. The summed E-state index contributed by atoms with van der Waals surface area (Å²) in [6.07, 6.45) is 6.26. The standard InChI is InChI=1S/C11H17N3/c12-9-5-3-8(4-6-9)10-2-1-7-14-11(10)13/h1-2,7-9H,3-6,12H2,(H2,13,14). The molecule has 0 aromatic carbocycles. The number of rotatable bonds is 1. The monoisotopic (exact) mass is 191 g/mol. The van der Waals surface area contributed by atoms with E-state index >= 15 is 0 Å². The Balaban J connectivity index is 2.12. The van der Waals surface area contributed by atoms with Crippen molar-refractivity contribution >= 4 is 5.82 Å².